The summed E-state index contributed by atoms with van der Waals surface area (Å²) in [6, 6.07) is 2.08. The lowest BCUT2D eigenvalue weighted by atomic mass is 10.1. The Bertz CT molecular complexity index is 499. The van der Waals surface area contributed by atoms with Crippen LogP contribution in [0.2, 0.25) is 0 Å². The summed E-state index contributed by atoms with van der Waals surface area (Å²) in [7, 11) is 0. The smallest absolute Gasteiger partial charge is 0.339 e. The lowest BCUT2D eigenvalue weighted by Crippen LogP contribution is -2.36. The van der Waals surface area contributed by atoms with E-state index < -0.39 is 5.97 Å². The average Bonchev–Trinajstić information content (AvgIpc) is 2.93. The summed E-state index contributed by atoms with van der Waals surface area (Å²) in [5, 5.41) is 9.47. The van der Waals surface area contributed by atoms with Crippen molar-refractivity contribution in [2.24, 2.45) is 5.92 Å². The number of aromatic nitrogens is 1. The van der Waals surface area contributed by atoms with Gasteiger partial charge in [0.2, 0.25) is 0 Å². The number of carboxylic acids is 1. The number of anilines is 1. The van der Waals surface area contributed by atoms with Crippen molar-refractivity contribution in [1.82, 2.24) is 4.98 Å². The lowest BCUT2D eigenvalue weighted by molar-refractivity contribution is 0.0697. The van der Waals surface area contributed by atoms with E-state index in [2.05, 4.69) is 39.7 Å². The third-order valence-electron chi connectivity index (χ3n) is 4.05. The Hall–Kier alpha value is -1.10. The highest BCUT2D eigenvalue weighted by Crippen LogP contribution is 2.31. The monoisotopic (exact) mass is 354 g/mol. The van der Waals surface area contributed by atoms with Gasteiger partial charge in [-0.15, -0.1) is 0 Å². The van der Waals surface area contributed by atoms with Crippen molar-refractivity contribution in [1.29, 1.82) is 0 Å². The second-order valence-corrected chi connectivity index (χ2v) is 7.06. The first-order valence-electron chi connectivity index (χ1n) is 7.64. The number of carboxylic acid groups (broad SMARTS) is 1. The number of pyridine rings is 1. The van der Waals surface area contributed by atoms with Crippen LogP contribution in [0.15, 0.2) is 16.7 Å². The summed E-state index contributed by atoms with van der Waals surface area (Å²) < 4.78 is 0.707. The van der Waals surface area contributed by atoms with Crippen molar-refractivity contribution in [3.63, 3.8) is 0 Å². The van der Waals surface area contributed by atoms with Crippen LogP contribution in [0.4, 0.5) is 5.82 Å². The van der Waals surface area contributed by atoms with Crippen molar-refractivity contribution in [2.45, 2.75) is 52.0 Å². The molecule has 0 unspecified atom stereocenters. The minimum atomic E-state index is -0.911. The van der Waals surface area contributed by atoms with E-state index in [0.717, 1.165) is 25.8 Å². The summed E-state index contributed by atoms with van der Waals surface area (Å²) in [4.78, 5) is 18.2. The molecular formula is C16H23BrN2O2. The van der Waals surface area contributed by atoms with Crippen LogP contribution in [0.3, 0.4) is 0 Å². The Balaban J connectivity index is 2.32. The zero-order valence-electron chi connectivity index (χ0n) is 12.7. The van der Waals surface area contributed by atoms with Crippen molar-refractivity contribution in [3.8, 4) is 0 Å². The van der Waals surface area contributed by atoms with Gasteiger partial charge in [0.15, 0.2) is 0 Å². The Morgan fingerprint density at radius 2 is 2.14 bits per heavy atom. The van der Waals surface area contributed by atoms with Crippen molar-refractivity contribution < 1.29 is 9.90 Å². The van der Waals surface area contributed by atoms with E-state index in [1.165, 1.54) is 12.8 Å². The van der Waals surface area contributed by atoms with Crippen LogP contribution in [0.1, 0.15) is 56.3 Å². The van der Waals surface area contributed by atoms with Crippen LogP contribution in [0, 0.1) is 5.92 Å². The first-order chi connectivity index (χ1) is 9.99. The highest BCUT2D eigenvalue weighted by atomic mass is 79.9. The standard InChI is InChI=1S/C16H23BrN2O2/c1-11(2)7-8-19(13-5-3-4-6-13)15-14(16(20)21)9-12(17)10-18-15/h9-11,13H,3-8H2,1-2H3,(H,20,21). The van der Waals surface area contributed by atoms with E-state index in [4.69, 9.17) is 0 Å². The Labute approximate surface area is 134 Å². The molecule has 1 N–H and O–H groups in total. The van der Waals surface area contributed by atoms with Gasteiger partial charge < -0.3 is 10.0 Å². The van der Waals surface area contributed by atoms with E-state index in [9.17, 15) is 9.90 Å². The van der Waals surface area contributed by atoms with Gasteiger partial charge in [0.25, 0.3) is 0 Å². The van der Waals surface area contributed by atoms with E-state index >= 15 is 0 Å². The topological polar surface area (TPSA) is 53.4 Å². The molecule has 0 bridgehead atoms. The molecule has 2 rings (SSSR count). The highest BCUT2D eigenvalue weighted by Gasteiger charge is 2.27. The number of rotatable bonds is 6. The molecule has 5 heteroatoms. The number of hydrogen-bond acceptors (Lipinski definition) is 3. The van der Waals surface area contributed by atoms with Gasteiger partial charge in [-0.05, 0) is 47.2 Å². The number of halogens is 1. The summed E-state index contributed by atoms with van der Waals surface area (Å²) >= 11 is 3.32. The maximum Gasteiger partial charge on any atom is 0.339 e. The van der Waals surface area contributed by atoms with Gasteiger partial charge in [0, 0.05) is 23.3 Å². The van der Waals surface area contributed by atoms with Crippen LogP contribution in [-0.4, -0.2) is 28.6 Å². The minimum absolute atomic E-state index is 0.292. The third-order valence-corrected chi connectivity index (χ3v) is 4.48. The molecule has 0 spiro atoms. The fraction of sp³-hybridized carbons (Fsp3) is 0.625. The van der Waals surface area contributed by atoms with Gasteiger partial charge in [0.05, 0.1) is 0 Å². The van der Waals surface area contributed by atoms with Crippen LogP contribution >= 0.6 is 15.9 Å². The van der Waals surface area contributed by atoms with Gasteiger partial charge in [-0.3, -0.25) is 0 Å². The van der Waals surface area contributed by atoms with Crippen molar-refractivity contribution in [3.05, 3.63) is 22.3 Å². The van der Waals surface area contributed by atoms with Crippen LogP contribution in [0.5, 0.6) is 0 Å². The van der Waals surface area contributed by atoms with Crippen LogP contribution in [-0.2, 0) is 0 Å². The minimum Gasteiger partial charge on any atom is -0.478 e. The summed E-state index contributed by atoms with van der Waals surface area (Å²) in [5.74, 6) is 0.308. The quantitative estimate of drug-likeness (QED) is 0.825. The molecule has 0 amide bonds. The van der Waals surface area contributed by atoms with Crippen LogP contribution in [0.25, 0.3) is 0 Å². The van der Waals surface area contributed by atoms with Crippen molar-refractivity contribution >= 4 is 27.7 Å². The normalized spacial score (nSPS) is 15.6. The maximum absolute atomic E-state index is 11.5. The first kappa shape index (κ1) is 16.3. The molecule has 1 aliphatic rings. The zero-order valence-corrected chi connectivity index (χ0v) is 14.3. The fourth-order valence-corrected chi connectivity index (χ4v) is 3.22. The third kappa shape index (κ3) is 4.19. The largest absolute Gasteiger partial charge is 0.478 e. The van der Waals surface area contributed by atoms with E-state index in [-0.39, 0.29) is 0 Å². The second kappa shape index (κ2) is 7.25. The molecule has 21 heavy (non-hydrogen) atoms. The molecule has 116 valence electrons. The SMILES string of the molecule is CC(C)CCN(c1ncc(Br)cc1C(=O)O)C1CCCC1. The predicted molar refractivity (Wildman–Crippen MR) is 88.0 cm³/mol. The molecule has 0 atom stereocenters. The van der Waals surface area contributed by atoms with Gasteiger partial charge >= 0.3 is 5.97 Å². The molecule has 1 saturated carbocycles. The Morgan fingerprint density at radius 1 is 1.48 bits per heavy atom. The van der Waals surface area contributed by atoms with E-state index in [0.29, 0.717) is 27.8 Å². The van der Waals surface area contributed by atoms with Gasteiger partial charge in [0.1, 0.15) is 11.4 Å². The molecule has 0 radical (unpaired) electrons. The molecule has 1 aliphatic carbocycles. The average molecular weight is 355 g/mol. The second-order valence-electron chi connectivity index (χ2n) is 6.14. The molecule has 1 aromatic rings. The summed E-state index contributed by atoms with van der Waals surface area (Å²) in [6.45, 7) is 5.26. The maximum atomic E-state index is 11.5. The number of carbonyl (C=O) groups is 1. The van der Waals surface area contributed by atoms with Crippen molar-refractivity contribution in [2.75, 3.05) is 11.4 Å². The molecule has 0 aliphatic heterocycles. The molecule has 0 saturated heterocycles. The predicted octanol–water partition coefficient (Wildman–Crippen LogP) is 4.34. The van der Waals surface area contributed by atoms with Crippen LogP contribution < -0.4 is 4.90 Å². The van der Waals surface area contributed by atoms with Gasteiger partial charge in [-0.1, -0.05) is 26.7 Å². The van der Waals surface area contributed by atoms with Gasteiger partial charge in [-0.2, -0.15) is 0 Å². The Kier molecular flexibility index (Phi) is 5.62. The number of aromatic carboxylic acids is 1. The molecular weight excluding hydrogens is 332 g/mol. The molecule has 1 heterocycles. The summed E-state index contributed by atoms with van der Waals surface area (Å²) in [5.41, 5.74) is 0.292. The van der Waals surface area contributed by atoms with E-state index in [1.807, 2.05) is 0 Å². The first-order valence-corrected chi connectivity index (χ1v) is 8.44. The van der Waals surface area contributed by atoms with Gasteiger partial charge in [-0.25, -0.2) is 9.78 Å². The van der Waals surface area contributed by atoms with E-state index in [1.54, 1.807) is 12.3 Å². The number of nitrogens with zero attached hydrogens (tertiary/aromatic N) is 2. The Morgan fingerprint density at radius 3 is 2.71 bits per heavy atom. The molecule has 1 fully saturated rings. The highest BCUT2D eigenvalue weighted by molar-refractivity contribution is 9.10. The zero-order chi connectivity index (χ0) is 15.4. The fourth-order valence-electron chi connectivity index (χ4n) is 2.89. The molecule has 0 aromatic carbocycles. The summed E-state index contributed by atoms with van der Waals surface area (Å²) in [6.07, 6.45) is 7.46. The molecule has 4 nitrogen and oxygen atoms in total. The lowest BCUT2D eigenvalue weighted by Gasteiger charge is -2.31. The molecule has 1 aromatic heterocycles. The number of hydrogen-bond donors (Lipinski definition) is 1.